The van der Waals surface area contributed by atoms with E-state index in [1.807, 2.05) is 0 Å². The summed E-state index contributed by atoms with van der Waals surface area (Å²) < 4.78 is 0. The van der Waals surface area contributed by atoms with Crippen molar-refractivity contribution in [2.45, 2.75) is 59.4 Å². The number of nitrogens with zero attached hydrogens (tertiary/aromatic N) is 1. The second kappa shape index (κ2) is 5.50. The van der Waals surface area contributed by atoms with E-state index in [1.54, 1.807) is 0 Å². The van der Waals surface area contributed by atoms with Crippen molar-refractivity contribution in [3.8, 4) is 0 Å². The Bertz CT molecular complexity index is 207. The molecule has 1 fully saturated rings. The average molecular weight is 226 g/mol. The van der Waals surface area contributed by atoms with Gasteiger partial charge in [0.2, 0.25) is 0 Å². The summed E-state index contributed by atoms with van der Waals surface area (Å²) in [7, 11) is 0. The maximum Gasteiger partial charge on any atom is 0.0304 e. The monoisotopic (exact) mass is 226 g/mol. The molecule has 1 N–H and O–H groups in total. The van der Waals surface area contributed by atoms with Gasteiger partial charge in [-0.25, -0.2) is 0 Å². The maximum atomic E-state index is 3.72. The van der Waals surface area contributed by atoms with Crippen LogP contribution in [0.5, 0.6) is 0 Å². The van der Waals surface area contributed by atoms with E-state index in [1.165, 1.54) is 38.9 Å². The number of hydrogen-bond donors (Lipinski definition) is 1. The normalized spacial score (nSPS) is 22.3. The fraction of sp³-hybridized carbons (Fsp3) is 1.00. The molecule has 1 rings (SSSR count). The predicted octanol–water partition coefficient (Wildman–Crippen LogP) is 2.89. The maximum absolute atomic E-state index is 3.72. The van der Waals surface area contributed by atoms with Gasteiger partial charge in [-0.1, -0.05) is 34.6 Å². The molecule has 0 aromatic heterocycles. The number of nitrogens with one attached hydrogen (secondary N) is 1. The molecule has 0 aromatic rings. The van der Waals surface area contributed by atoms with Gasteiger partial charge in [-0.3, -0.25) is 4.90 Å². The minimum absolute atomic E-state index is 0.377. The van der Waals surface area contributed by atoms with Crippen LogP contribution in [0.4, 0.5) is 0 Å². The largest absolute Gasteiger partial charge is 0.309 e. The quantitative estimate of drug-likeness (QED) is 0.775. The van der Waals surface area contributed by atoms with Crippen LogP contribution in [0, 0.1) is 5.41 Å². The average Bonchev–Trinajstić information content (AvgIpc) is 2.28. The molecule has 0 aromatic carbocycles. The molecule has 1 saturated heterocycles. The summed E-state index contributed by atoms with van der Waals surface area (Å²) in [6.07, 6.45) is 3.75. The summed E-state index contributed by atoms with van der Waals surface area (Å²) in [4.78, 5) is 2.66. The lowest BCUT2D eigenvalue weighted by atomic mass is 9.86. The molecule has 0 saturated carbocycles. The molecule has 0 unspecified atom stereocenters. The van der Waals surface area contributed by atoms with Gasteiger partial charge in [0.05, 0.1) is 0 Å². The van der Waals surface area contributed by atoms with Gasteiger partial charge in [-0.15, -0.1) is 0 Å². The zero-order chi connectivity index (χ0) is 12.2. The van der Waals surface area contributed by atoms with E-state index in [0.717, 1.165) is 6.54 Å². The van der Waals surface area contributed by atoms with Crippen LogP contribution in [-0.2, 0) is 0 Å². The molecular formula is C14H30N2. The smallest absolute Gasteiger partial charge is 0.0304 e. The molecule has 2 nitrogen and oxygen atoms in total. The first-order valence-electron chi connectivity index (χ1n) is 6.94. The molecule has 0 aliphatic carbocycles. The fourth-order valence-electron chi connectivity index (χ4n) is 2.62. The zero-order valence-electron chi connectivity index (χ0n) is 11.9. The second-order valence-corrected chi connectivity index (χ2v) is 6.14. The second-order valence-electron chi connectivity index (χ2n) is 6.14. The van der Waals surface area contributed by atoms with Gasteiger partial charge in [0.1, 0.15) is 0 Å². The van der Waals surface area contributed by atoms with Gasteiger partial charge >= 0.3 is 0 Å². The molecular weight excluding hydrogens is 196 g/mol. The van der Waals surface area contributed by atoms with Crippen LogP contribution < -0.4 is 5.32 Å². The van der Waals surface area contributed by atoms with Crippen LogP contribution >= 0.6 is 0 Å². The van der Waals surface area contributed by atoms with Crippen molar-refractivity contribution < 1.29 is 0 Å². The molecule has 0 bridgehead atoms. The summed E-state index contributed by atoms with van der Waals surface area (Å²) in [5.41, 5.74) is 0.840. The van der Waals surface area contributed by atoms with E-state index in [9.17, 15) is 0 Å². The van der Waals surface area contributed by atoms with E-state index in [-0.39, 0.29) is 0 Å². The van der Waals surface area contributed by atoms with Crippen molar-refractivity contribution in [2.75, 3.05) is 26.2 Å². The summed E-state index contributed by atoms with van der Waals surface area (Å²) >= 11 is 0. The fourth-order valence-corrected chi connectivity index (χ4v) is 2.62. The van der Waals surface area contributed by atoms with E-state index in [0.29, 0.717) is 11.0 Å². The number of piperazine rings is 1. The first-order chi connectivity index (χ1) is 7.47. The van der Waals surface area contributed by atoms with Crippen molar-refractivity contribution in [3.05, 3.63) is 0 Å². The van der Waals surface area contributed by atoms with Gasteiger partial charge in [-0.05, 0) is 24.7 Å². The van der Waals surface area contributed by atoms with Gasteiger partial charge in [-0.2, -0.15) is 0 Å². The Morgan fingerprint density at radius 1 is 1.19 bits per heavy atom. The van der Waals surface area contributed by atoms with Crippen LogP contribution in [-0.4, -0.2) is 36.6 Å². The lowest BCUT2D eigenvalue weighted by Crippen LogP contribution is -2.60. The van der Waals surface area contributed by atoms with E-state index >= 15 is 0 Å². The van der Waals surface area contributed by atoms with E-state index < -0.39 is 0 Å². The summed E-state index contributed by atoms with van der Waals surface area (Å²) in [5.74, 6) is 0. The van der Waals surface area contributed by atoms with Crippen LogP contribution in [0.2, 0.25) is 0 Å². The molecule has 1 heterocycles. The third-order valence-corrected chi connectivity index (χ3v) is 4.42. The minimum Gasteiger partial charge on any atom is -0.309 e. The van der Waals surface area contributed by atoms with Gasteiger partial charge in [0.25, 0.3) is 0 Å². The minimum atomic E-state index is 0.377. The standard InChI is InChI=1S/C14H30N2/c1-6-13(4,5)11-16-10-9-15-14(7-2,8-3)12-16/h15H,6-12H2,1-5H3. The summed E-state index contributed by atoms with van der Waals surface area (Å²) in [6, 6.07) is 0. The third kappa shape index (κ3) is 3.46. The summed E-state index contributed by atoms with van der Waals surface area (Å²) in [6.45, 7) is 16.5. The zero-order valence-corrected chi connectivity index (χ0v) is 11.9. The van der Waals surface area contributed by atoms with Gasteiger partial charge in [0.15, 0.2) is 0 Å². The lowest BCUT2D eigenvalue weighted by molar-refractivity contribution is 0.0862. The van der Waals surface area contributed by atoms with E-state index in [4.69, 9.17) is 0 Å². The van der Waals surface area contributed by atoms with Crippen molar-refractivity contribution in [2.24, 2.45) is 5.41 Å². The van der Waals surface area contributed by atoms with Crippen LogP contribution in [0.3, 0.4) is 0 Å². The van der Waals surface area contributed by atoms with Crippen LogP contribution in [0.25, 0.3) is 0 Å². The first kappa shape index (κ1) is 14.0. The Kier molecular flexibility index (Phi) is 4.81. The van der Waals surface area contributed by atoms with Gasteiger partial charge < -0.3 is 5.32 Å². The highest BCUT2D eigenvalue weighted by molar-refractivity contribution is 4.93. The highest BCUT2D eigenvalue weighted by Gasteiger charge is 2.33. The van der Waals surface area contributed by atoms with Crippen molar-refractivity contribution in [1.82, 2.24) is 10.2 Å². The molecule has 0 amide bonds. The molecule has 0 radical (unpaired) electrons. The Morgan fingerprint density at radius 3 is 2.31 bits per heavy atom. The summed E-state index contributed by atoms with van der Waals surface area (Å²) in [5, 5.41) is 3.72. The van der Waals surface area contributed by atoms with Crippen LogP contribution in [0.15, 0.2) is 0 Å². The molecule has 1 aliphatic heterocycles. The SMILES string of the molecule is CCC(C)(C)CN1CCNC(CC)(CC)C1. The topological polar surface area (TPSA) is 15.3 Å². The first-order valence-corrected chi connectivity index (χ1v) is 6.94. The predicted molar refractivity (Wildman–Crippen MR) is 71.8 cm³/mol. The lowest BCUT2D eigenvalue weighted by Gasteiger charge is -2.45. The molecule has 0 atom stereocenters. The van der Waals surface area contributed by atoms with Crippen LogP contribution in [0.1, 0.15) is 53.9 Å². The Labute approximate surface area is 102 Å². The highest BCUT2D eigenvalue weighted by atomic mass is 15.2. The number of hydrogen-bond acceptors (Lipinski definition) is 2. The third-order valence-electron chi connectivity index (χ3n) is 4.42. The Balaban J connectivity index is 2.57. The number of rotatable bonds is 5. The molecule has 2 heteroatoms. The molecule has 16 heavy (non-hydrogen) atoms. The van der Waals surface area contributed by atoms with E-state index in [2.05, 4.69) is 44.8 Å². The van der Waals surface area contributed by atoms with Gasteiger partial charge in [0, 0.05) is 31.7 Å². The molecule has 1 aliphatic rings. The Hall–Kier alpha value is -0.0800. The Morgan fingerprint density at radius 2 is 1.81 bits per heavy atom. The molecule has 96 valence electrons. The van der Waals surface area contributed by atoms with Crippen molar-refractivity contribution in [1.29, 1.82) is 0 Å². The highest BCUT2D eigenvalue weighted by Crippen LogP contribution is 2.25. The van der Waals surface area contributed by atoms with Crippen molar-refractivity contribution in [3.63, 3.8) is 0 Å². The van der Waals surface area contributed by atoms with Crippen molar-refractivity contribution >= 4 is 0 Å². The molecule has 0 spiro atoms.